The maximum atomic E-state index is 5.96. The summed E-state index contributed by atoms with van der Waals surface area (Å²) in [6.07, 6.45) is 0. The number of piperazine rings is 1. The summed E-state index contributed by atoms with van der Waals surface area (Å²) in [5.41, 5.74) is 0.908. The SMILES string of the molecule is C[C@@H]1CNCCN1Cc1nnsc1Cl. The molecule has 0 aliphatic carbocycles. The highest BCUT2D eigenvalue weighted by Crippen LogP contribution is 2.19. The van der Waals surface area contributed by atoms with Crippen LogP contribution in [0.3, 0.4) is 0 Å². The molecule has 2 rings (SSSR count). The quantitative estimate of drug-likeness (QED) is 0.826. The van der Waals surface area contributed by atoms with Crippen LogP contribution in [0.4, 0.5) is 0 Å². The summed E-state index contributed by atoms with van der Waals surface area (Å²) in [5.74, 6) is 0. The van der Waals surface area contributed by atoms with Gasteiger partial charge in [-0.05, 0) is 6.92 Å². The molecular weight excluding hydrogens is 220 g/mol. The van der Waals surface area contributed by atoms with Gasteiger partial charge in [-0.25, -0.2) is 0 Å². The minimum atomic E-state index is 0.543. The Bertz CT molecular complexity index is 303. The monoisotopic (exact) mass is 232 g/mol. The van der Waals surface area contributed by atoms with Crippen molar-refractivity contribution in [2.75, 3.05) is 19.6 Å². The van der Waals surface area contributed by atoms with E-state index < -0.39 is 0 Å². The summed E-state index contributed by atoms with van der Waals surface area (Å²) in [6.45, 7) is 6.15. The van der Waals surface area contributed by atoms with Gasteiger partial charge in [0, 0.05) is 43.8 Å². The van der Waals surface area contributed by atoms with Crippen molar-refractivity contribution < 1.29 is 0 Å². The van der Waals surface area contributed by atoms with E-state index in [1.54, 1.807) is 0 Å². The van der Waals surface area contributed by atoms with Gasteiger partial charge in [-0.2, -0.15) is 0 Å². The summed E-state index contributed by atoms with van der Waals surface area (Å²) in [6, 6.07) is 0.543. The Morgan fingerprint density at radius 1 is 1.71 bits per heavy atom. The van der Waals surface area contributed by atoms with Crippen LogP contribution in [0, 0.1) is 0 Å². The van der Waals surface area contributed by atoms with E-state index in [4.69, 9.17) is 11.6 Å². The van der Waals surface area contributed by atoms with E-state index in [1.807, 2.05) is 0 Å². The Kier molecular flexibility index (Phi) is 3.33. The molecule has 1 aromatic heterocycles. The molecule has 0 radical (unpaired) electrons. The average Bonchev–Trinajstić information content (AvgIpc) is 2.56. The Labute approximate surface area is 92.4 Å². The lowest BCUT2D eigenvalue weighted by Crippen LogP contribution is -2.49. The van der Waals surface area contributed by atoms with E-state index in [0.717, 1.165) is 36.2 Å². The molecule has 0 spiro atoms. The molecule has 1 saturated heterocycles. The highest BCUT2D eigenvalue weighted by molar-refractivity contribution is 7.10. The maximum absolute atomic E-state index is 5.96. The molecule has 0 bridgehead atoms. The van der Waals surface area contributed by atoms with Crippen molar-refractivity contribution in [3.05, 3.63) is 10.0 Å². The first-order chi connectivity index (χ1) is 6.77. The van der Waals surface area contributed by atoms with Gasteiger partial charge >= 0.3 is 0 Å². The van der Waals surface area contributed by atoms with Crippen molar-refractivity contribution in [2.45, 2.75) is 19.5 Å². The fourth-order valence-electron chi connectivity index (χ4n) is 1.60. The number of rotatable bonds is 2. The van der Waals surface area contributed by atoms with Crippen molar-refractivity contribution in [3.8, 4) is 0 Å². The number of hydrogen-bond acceptors (Lipinski definition) is 5. The van der Waals surface area contributed by atoms with Gasteiger partial charge in [-0.15, -0.1) is 5.10 Å². The lowest BCUT2D eigenvalue weighted by Gasteiger charge is -2.33. The second-order valence-electron chi connectivity index (χ2n) is 3.52. The van der Waals surface area contributed by atoms with Crippen LogP contribution in [0.1, 0.15) is 12.6 Å². The third kappa shape index (κ3) is 2.23. The van der Waals surface area contributed by atoms with Crippen LogP contribution < -0.4 is 5.32 Å². The van der Waals surface area contributed by atoms with Crippen molar-refractivity contribution in [1.82, 2.24) is 19.8 Å². The summed E-state index contributed by atoms with van der Waals surface area (Å²) in [4.78, 5) is 2.37. The zero-order valence-corrected chi connectivity index (χ0v) is 9.61. The molecule has 14 heavy (non-hydrogen) atoms. The Hall–Kier alpha value is -0.230. The third-order valence-electron chi connectivity index (χ3n) is 2.50. The smallest absolute Gasteiger partial charge is 0.138 e. The molecule has 78 valence electrons. The molecule has 0 aromatic carbocycles. The van der Waals surface area contributed by atoms with Gasteiger partial charge in [0.1, 0.15) is 10.0 Å². The van der Waals surface area contributed by atoms with E-state index in [2.05, 4.69) is 26.7 Å². The third-order valence-corrected chi connectivity index (χ3v) is 3.49. The summed E-state index contributed by atoms with van der Waals surface area (Å²) < 4.78 is 4.55. The summed E-state index contributed by atoms with van der Waals surface area (Å²) >= 11 is 7.21. The normalized spacial score (nSPS) is 24.0. The number of halogens is 1. The van der Waals surface area contributed by atoms with Crippen molar-refractivity contribution in [1.29, 1.82) is 0 Å². The van der Waals surface area contributed by atoms with Gasteiger partial charge < -0.3 is 5.32 Å². The zero-order chi connectivity index (χ0) is 9.97. The summed E-state index contributed by atoms with van der Waals surface area (Å²) in [7, 11) is 0. The van der Waals surface area contributed by atoms with Crippen LogP contribution >= 0.6 is 23.1 Å². The second kappa shape index (κ2) is 4.53. The zero-order valence-electron chi connectivity index (χ0n) is 8.03. The largest absolute Gasteiger partial charge is 0.314 e. The molecule has 1 atom stereocenters. The van der Waals surface area contributed by atoms with Crippen LogP contribution in [0.2, 0.25) is 4.34 Å². The minimum absolute atomic E-state index is 0.543. The van der Waals surface area contributed by atoms with Gasteiger partial charge in [0.05, 0.1) is 0 Å². The van der Waals surface area contributed by atoms with Crippen molar-refractivity contribution in [3.63, 3.8) is 0 Å². The molecule has 4 nitrogen and oxygen atoms in total. The van der Waals surface area contributed by atoms with E-state index >= 15 is 0 Å². The topological polar surface area (TPSA) is 41.0 Å². The van der Waals surface area contributed by atoms with Crippen LogP contribution in [0.25, 0.3) is 0 Å². The molecule has 1 aliphatic heterocycles. The first-order valence-corrected chi connectivity index (χ1v) is 5.84. The summed E-state index contributed by atoms with van der Waals surface area (Å²) in [5, 5.41) is 7.37. The Morgan fingerprint density at radius 3 is 3.21 bits per heavy atom. The number of nitrogens with zero attached hydrogens (tertiary/aromatic N) is 3. The fraction of sp³-hybridized carbons (Fsp3) is 0.750. The molecule has 0 amide bonds. The van der Waals surface area contributed by atoms with Crippen LogP contribution in [-0.2, 0) is 6.54 Å². The Balaban J connectivity index is 1.99. The van der Waals surface area contributed by atoms with Gasteiger partial charge in [-0.3, -0.25) is 4.90 Å². The maximum Gasteiger partial charge on any atom is 0.138 e. The second-order valence-corrected chi connectivity index (χ2v) is 4.87. The van der Waals surface area contributed by atoms with Gasteiger partial charge in [-0.1, -0.05) is 16.1 Å². The molecular formula is C8H13ClN4S. The molecule has 0 unspecified atom stereocenters. The van der Waals surface area contributed by atoms with Crippen LogP contribution in [0.15, 0.2) is 0 Å². The van der Waals surface area contributed by atoms with Crippen molar-refractivity contribution >= 4 is 23.1 Å². The number of aromatic nitrogens is 2. The van der Waals surface area contributed by atoms with Crippen LogP contribution in [-0.4, -0.2) is 40.2 Å². The highest BCUT2D eigenvalue weighted by atomic mass is 35.5. The molecule has 1 N–H and O–H groups in total. The molecule has 1 aromatic rings. The lowest BCUT2D eigenvalue weighted by atomic mass is 10.2. The van der Waals surface area contributed by atoms with E-state index in [0.29, 0.717) is 6.04 Å². The highest BCUT2D eigenvalue weighted by Gasteiger charge is 2.19. The molecule has 1 fully saturated rings. The molecule has 1 aliphatic rings. The first kappa shape index (κ1) is 10.3. The molecule has 6 heteroatoms. The number of nitrogens with one attached hydrogen (secondary N) is 1. The average molecular weight is 233 g/mol. The first-order valence-electron chi connectivity index (χ1n) is 4.69. The molecule has 0 saturated carbocycles. The molecule has 2 heterocycles. The Morgan fingerprint density at radius 2 is 2.57 bits per heavy atom. The van der Waals surface area contributed by atoms with Crippen molar-refractivity contribution in [2.24, 2.45) is 0 Å². The van der Waals surface area contributed by atoms with E-state index in [1.165, 1.54) is 11.5 Å². The lowest BCUT2D eigenvalue weighted by molar-refractivity contribution is 0.164. The minimum Gasteiger partial charge on any atom is -0.314 e. The standard InChI is InChI=1S/C8H13ClN4S/c1-6-4-10-2-3-13(6)5-7-8(9)14-12-11-7/h6,10H,2-5H2,1H3/t6-/m1/s1. The van der Waals surface area contributed by atoms with Gasteiger partial charge in [0.25, 0.3) is 0 Å². The van der Waals surface area contributed by atoms with Gasteiger partial charge in [0.15, 0.2) is 0 Å². The fourth-order valence-corrected chi connectivity index (χ4v) is 2.21. The predicted octanol–water partition coefficient (Wildman–Crippen LogP) is 0.985. The van der Waals surface area contributed by atoms with E-state index in [9.17, 15) is 0 Å². The van der Waals surface area contributed by atoms with Gasteiger partial charge in [0.2, 0.25) is 0 Å². The predicted molar refractivity (Wildman–Crippen MR) is 57.7 cm³/mol. The van der Waals surface area contributed by atoms with E-state index in [-0.39, 0.29) is 0 Å². The number of hydrogen-bond donors (Lipinski definition) is 1. The van der Waals surface area contributed by atoms with Crippen LogP contribution in [0.5, 0.6) is 0 Å².